The first-order valence-electron chi connectivity index (χ1n) is 5.23. The number of nitrogens with one attached hydrogen (secondary N) is 1. The fourth-order valence-electron chi connectivity index (χ4n) is 1.68. The van der Waals surface area contributed by atoms with E-state index >= 15 is 0 Å². The molecule has 15 heavy (non-hydrogen) atoms. The van der Waals surface area contributed by atoms with Crippen LogP contribution in [0.4, 0.5) is 0 Å². The average Bonchev–Trinajstić information content (AvgIpc) is 2.84. The second-order valence-corrected chi connectivity index (χ2v) is 4.79. The zero-order valence-corrected chi connectivity index (χ0v) is 9.55. The molecule has 2 rings (SSSR count). The first-order valence-corrected chi connectivity index (χ1v) is 6.17. The molecule has 0 saturated carbocycles. The Morgan fingerprint density at radius 1 is 1.67 bits per heavy atom. The maximum atomic E-state index is 6.12. The van der Waals surface area contributed by atoms with Crippen molar-refractivity contribution in [3.05, 3.63) is 16.6 Å². The molecule has 1 aliphatic rings. The highest BCUT2D eigenvalue weighted by Crippen LogP contribution is 2.13. The Labute approximate surface area is 93.8 Å². The molecule has 1 atom stereocenters. The number of hydrogen-bond acceptors (Lipinski definition) is 5. The van der Waals surface area contributed by atoms with E-state index in [1.54, 1.807) is 11.3 Å². The molecule has 84 valence electrons. The average molecular weight is 227 g/mol. The Bertz CT molecular complexity index is 283. The van der Waals surface area contributed by atoms with Crippen molar-refractivity contribution in [1.29, 1.82) is 0 Å². The highest BCUT2D eigenvalue weighted by Gasteiger charge is 2.29. The van der Waals surface area contributed by atoms with Crippen LogP contribution >= 0.6 is 11.3 Å². The predicted molar refractivity (Wildman–Crippen MR) is 61.0 cm³/mol. The van der Waals surface area contributed by atoms with Gasteiger partial charge in [0.25, 0.3) is 0 Å². The molecule has 1 unspecified atom stereocenters. The van der Waals surface area contributed by atoms with E-state index in [-0.39, 0.29) is 5.54 Å². The van der Waals surface area contributed by atoms with E-state index in [2.05, 4.69) is 15.7 Å². The lowest BCUT2D eigenvalue weighted by atomic mass is 10.0. The largest absolute Gasteiger partial charge is 0.379 e. The van der Waals surface area contributed by atoms with Crippen molar-refractivity contribution in [3.8, 4) is 0 Å². The number of thiazole rings is 1. The molecular weight excluding hydrogens is 210 g/mol. The molecule has 1 aliphatic heterocycles. The van der Waals surface area contributed by atoms with E-state index in [0.29, 0.717) is 6.61 Å². The molecule has 3 N–H and O–H groups in total. The van der Waals surface area contributed by atoms with Crippen LogP contribution < -0.4 is 11.1 Å². The number of nitrogens with zero attached hydrogens (tertiary/aromatic N) is 1. The van der Waals surface area contributed by atoms with Crippen molar-refractivity contribution < 1.29 is 4.74 Å². The van der Waals surface area contributed by atoms with Gasteiger partial charge in [0.05, 0.1) is 23.4 Å². The van der Waals surface area contributed by atoms with Gasteiger partial charge in [-0.25, -0.2) is 4.98 Å². The predicted octanol–water partition coefficient (Wildman–Crippen LogP) is 0.393. The molecule has 4 nitrogen and oxygen atoms in total. The first-order chi connectivity index (χ1) is 7.29. The summed E-state index contributed by atoms with van der Waals surface area (Å²) in [5.41, 5.74) is 8.99. The van der Waals surface area contributed by atoms with Crippen LogP contribution in [0, 0.1) is 0 Å². The molecular formula is C10H17N3OS. The summed E-state index contributed by atoms with van der Waals surface area (Å²) in [6.45, 7) is 3.24. The monoisotopic (exact) mass is 227 g/mol. The summed E-state index contributed by atoms with van der Waals surface area (Å²) in [4.78, 5) is 4.23. The summed E-state index contributed by atoms with van der Waals surface area (Å²) in [6, 6.07) is 0. The minimum atomic E-state index is -0.151. The summed E-state index contributed by atoms with van der Waals surface area (Å²) in [6.07, 6.45) is 1.93. The van der Waals surface area contributed by atoms with Gasteiger partial charge in [0.15, 0.2) is 0 Å². The molecule has 1 aromatic heterocycles. The SMILES string of the molecule is NC1(CNCCc2cscn2)CCOC1. The van der Waals surface area contributed by atoms with Gasteiger partial charge in [-0.1, -0.05) is 0 Å². The molecule has 0 aliphatic carbocycles. The van der Waals surface area contributed by atoms with Crippen LogP contribution in [-0.4, -0.2) is 36.8 Å². The van der Waals surface area contributed by atoms with Crippen molar-refractivity contribution in [3.63, 3.8) is 0 Å². The van der Waals surface area contributed by atoms with Crippen molar-refractivity contribution in [2.75, 3.05) is 26.3 Å². The lowest BCUT2D eigenvalue weighted by Crippen LogP contribution is -2.49. The molecule has 1 fully saturated rings. The molecule has 0 bridgehead atoms. The summed E-state index contributed by atoms with van der Waals surface area (Å²) in [7, 11) is 0. The van der Waals surface area contributed by atoms with Gasteiger partial charge < -0.3 is 15.8 Å². The fraction of sp³-hybridized carbons (Fsp3) is 0.700. The van der Waals surface area contributed by atoms with E-state index in [1.165, 1.54) is 0 Å². The van der Waals surface area contributed by atoms with E-state index in [9.17, 15) is 0 Å². The molecule has 1 aromatic rings. The standard InChI is InChI=1S/C10H17N3OS/c11-10(2-4-14-7-10)6-12-3-1-9-5-15-8-13-9/h5,8,12H,1-4,6-7,11H2. The number of ether oxygens (including phenoxy) is 1. The van der Waals surface area contributed by atoms with Gasteiger partial charge in [-0.15, -0.1) is 11.3 Å². The van der Waals surface area contributed by atoms with Crippen LogP contribution in [0.1, 0.15) is 12.1 Å². The van der Waals surface area contributed by atoms with Gasteiger partial charge in [0.2, 0.25) is 0 Å². The molecule has 0 aromatic carbocycles. The van der Waals surface area contributed by atoms with Crippen molar-refractivity contribution in [1.82, 2.24) is 10.3 Å². The Morgan fingerprint density at radius 3 is 3.27 bits per heavy atom. The van der Waals surface area contributed by atoms with Crippen LogP contribution in [0.2, 0.25) is 0 Å². The molecule has 2 heterocycles. The van der Waals surface area contributed by atoms with Crippen LogP contribution in [0.25, 0.3) is 0 Å². The highest BCUT2D eigenvalue weighted by molar-refractivity contribution is 7.07. The van der Waals surface area contributed by atoms with Crippen LogP contribution in [-0.2, 0) is 11.2 Å². The van der Waals surface area contributed by atoms with Crippen LogP contribution in [0.3, 0.4) is 0 Å². The minimum absolute atomic E-state index is 0.151. The van der Waals surface area contributed by atoms with E-state index < -0.39 is 0 Å². The lowest BCUT2D eigenvalue weighted by molar-refractivity contribution is 0.177. The van der Waals surface area contributed by atoms with E-state index in [0.717, 1.165) is 38.2 Å². The first kappa shape index (κ1) is 11.0. The Hall–Kier alpha value is -0.490. The third-order valence-electron chi connectivity index (χ3n) is 2.65. The van der Waals surface area contributed by atoms with Gasteiger partial charge in [0, 0.05) is 31.5 Å². The van der Waals surface area contributed by atoms with Gasteiger partial charge in [-0.2, -0.15) is 0 Å². The van der Waals surface area contributed by atoms with Gasteiger partial charge in [-0.05, 0) is 6.42 Å². The second-order valence-electron chi connectivity index (χ2n) is 4.07. The maximum Gasteiger partial charge on any atom is 0.0794 e. The number of aromatic nitrogens is 1. The summed E-state index contributed by atoms with van der Waals surface area (Å²) >= 11 is 1.64. The van der Waals surface area contributed by atoms with Crippen LogP contribution in [0.15, 0.2) is 10.9 Å². The number of rotatable bonds is 5. The van der Waals surface area contributed by atoms with Gasteiger partial charge >= 0.3 is 0 Å². The third-order valence-corrected chi connectivity index (χ3v) is 3.29. The van der Waals surface area contributed by atoms with Crippen LogP contribution in [0.5, 0.6) is 0 Å². The topological polar surface area (TPSA) is 60.2 Å². The van der Waals surface area contributed by atoms with E-state index in [1.807, 2.05) is 5.51 Å². The number of hydrogen-bond donors (Lipinski definition) is 2. The fourth-order valence-corrected chi connectivity index (χ4v) is 2.27. The number of nitrogens with two attached hydrogens (primary N) is 1. The molecule has 0 amide bonds. The highest BCUT2D eigenvalue weighted by atomic mass is 32.1. The van der Waals surface area contributed by atoms with E-state index in [4.69, 9.17) is 10.5 Å². The lowest BCUT2D eigenvalue weighted by Gasteiger charge is -2.21. The van der Waals surface area contributed by atoms with Crippen molar-refractivity contribution >= 4 is 11.3 Å². The summed E-state index contributed by atoms with van der Waals surface area (Å²) in [5, 5.41) is 5.45. The minimum Gasteiger partial charge on any atom is -0.379 e. The van der Waals surface area contributed by atoms with Crippen molar-refractivity contribution in [2.24, 2.45) is 5.73 Å². The summed E-state index contributed by atoms with van der Waals surface area (Å²) in [5.74, 6) is 0. The zero-order chi connectivity index (χ0) is 10.6. The molecule has 0 spiro atoms. The Morgan fingerprint density at radius 2 is 2.60 bits per heavy atom. The second kappa shape index (κ2) is 5.03. The maximum absolute atomic E-state index is 6.12. The molecule has 0 radical (unpaired) electrons. The van der Waals surface area contributed by atoms with Gasteiger partial charge in [0.1, 0.15) is 0 Å². The Balaban J connectivity index is 1.62. The Kier molecular flexibility index (Phi) is 3.69. The quantitative estimate of drug-likeness (QED) is 0.715. The normalized spacial score (nSPS) is 25.9. The zero-order valence-electron chi connectivity index (χ0n) is 8.74. The third kappa shape index (κ3) is 3.24. The van der Waals surface area contributed by atoms with Crippen molar-refractivity contribution in [2.45, 2.75) is 18.4 Å². The smallest absolute Gasteiger partial charge is 0.0794 e. The summed E-state index contributed by atoms with van der Waals surface area (Å²) < 4.78 is 5.29. The molecule has 5 heteroatoms. The molecule has 1 saturated heterocycles. The van der Waals surface area contributed by atoms with Gasteiger partial charge in [-0.3, -0.25) is 0 Å².